The zero-order valence-electron chi connectivity index (χ0n) is 13.9. The predicted molar refractivity (Wildman–Crippen MR) is 98.8 cm³/mol. The second kappa shape index (κ2) is 9.13. The van der Waals surface area contributed by atoms with E-state index in [0.29, 0.717) is 6.54 Å². The van der Waals surface area contributed by atoms with Crippen LogP contribution in [-0.2, 0) is 17.1 Å². The van der Waals surface area contributed by atoms with Gasteiger partial charge < -0.3 is 5.32 Å². The molecule has 0 aromatic heterocycles. The van der Waals surface area contributed by atoms with Crippen molar-refractivity contribution in [2.45, 2.75) is 31.4 Å². The number of nitrogens with one attached hydrogen (secondary N) is 2. The van der Waals surface area contributed by atoms with Crippen LogP contribution in [0.25, 0.3) is 0 Å². The lowest BCUT2D eigenvalue weighted by atomic mass is 10.1. The van der Waals surface area contributed by atoms with Crippen LogP contribution in [0.4, 0.5) is 4.79 Å². The summed E-state index contributed by atoms with van der Waals surface area (Å²) in [5, 5.41) is 4.78. The summed E-state index contributed by atoms with van der Waals surface area (Å²) in [6.07, 6.45) is 0. The monoisotopic (exact) mass is 342 g/mol. The minimum Gasteiger partial charge on any atom is -0.334 e. The second-order valence-electron chi connectivity index (χ2n) is 5.54. The van der Waals surface area contributed by atoms with Gasteiger partial charge in [-0.3, -0.25) is 10.1 Å². The van der Waals surface area contributed by atoms with E-state index in [1.807, 2.05) is 49.4 Å². The smallest absolute Gasteiger partial charge is 0.321 e. The molecule has 24 heavy (non-hydrogen) atoms. The van der Waals surface area contributed by atoms with E-state index >= 15 is 0 Å². The quantitative estimate of drug-likeness (QED) is 0.842. The van der Waals surface area contributed by atoms with Crippen LogP contribution in [0.2, 0.25) is 0 Å². The number of aryl methyl sites for hydroxylation is 1. The molecule has 2 aromatic carbocycles. The topological polar surface area (TPSA) is 58.2 Å². The first-order valence-corrected chi connectivity index (χ1v) is 8.90. The SMILES string of the molecule is Cc1ccccc1CS[C@@H](C)C(=O)NC(=O)NCc1ccccc1. The maximum Gasteiger partial charge on any atom is 0.321 e. The molecule has 0 saturated heterocycles. The molecular weight excluding hydrogens is 320 g/mol. The summed E-state index contributed by atoms with van der Waals surface area (Å²) in [6.45, 7) is 4.26. The zero-order chi connectivity index (χ0) is 17.4. The highest BCUT2D eigenvalue weighted by Gasteiger charge is 2.16. The number of urea groups is 1. The number of hydrogen-bond acceptors (Lipinski definition) is 3. The highest BCUT2D eigenvalue weighted by molar-refractivity contribution is 7.99. The molecule has 2 rings (SSSR count). The van der Waals surface area contributed by atoms with Gasteiger partial charge in [-0.15, -0.1) is 11.8 Å². The molecule has 0 aliphatic rings. The van der Waals surface area contributed by atoms with Gasteiger partial charge >= 0.3 is 6.03 Å². The molecule has 0 spiro atoms. The number of carbonyl (C=O) groups is 2. The Morgan fingerprint density at radius 2 is 1.71 bits per heavy atom. The Hall–Kier alpha value is -2.27. The van der Waals surface area contributed by atoms with Crippen LogP contribution < -0.4 is 10.6 Å². The summed E-state index contributed by atoms with van der Waals surface area (Å²) in [6, 6.07) is 17.2. The van der Waals surface area contributed by atoms with Crippen molar-refractivity contribution in [1.29, 1.82) is 0 Å². The Morgan fingerprint density at radius 1 is 1.04 bits per heavy atom. The van der Waals surface area contributed by atoms with E-state index in [1.54, 1.807) is 0 Å². The van der Waals surface area contributed by atoms with Crippen LogP contribution in [0, 0.1) is 6.92 Å². The van der Waals surface area contributed by atoms with Crippen molar-refractivity contribution >= 4 is 23.7 Å². The van der Waals surface area contributed by atoms with Gasteiger partial charge in [0.05, 0.1) is 5.25 Å². The lowest BCUT2D eigenvalue weighted by molar-refractivity contribution is -0.119. The summed E-state index contributed by atoms with van der Waals surface area (Å²) < 4.78 is 0. The number of benzene rings is 2. The number of imide groups is 1. The molecule has 0 fully saturated rings. The third-order valence-electron chi connectivity index (χ3n) is 3.65. The van der Waals surface area contributed by atoms with E-state index in [0.717, 1.165) is 11.3 Å². The highest BCUT2D eigenvalue weighted by Crippen LogP contribution is 2.20. The summed E-state index contributed by atoms with van der Waals surface area (Å²) in [7, 11) is 0. The molecule has 0 bridgehead atoms. The number of carbonyl (C=O) groups excluding carboxylic acids is 2. The van der Waals surface area contributed by atoms with Crippen LogP contribution in [0.3, 0.4) is 0 Å². The van der Waals surface area contributed by atoms with Crippen LogP contribution in [0.5, 0.6) is 0 Å². The molecule has 4 nitrogen and oxygen atoms in total. The standard InChI is InChI=1S/C19H22N2O2S/c1-14-8-6-7-11-17(14)13-24-15(2)18(22)21-19(23)20-12-16-9-4-3-5-10-16/h3-11,15H,12-13H2,1-2H3,(H2,20,21,22,23)/t15-/m0/s1. The Kier molecular flexibility index (Phi) is 6.88. The number of rotatable bonds is 6. The Bertz CT molecular complexity index is 689. The van der Waals surface area contributed by atoms with Crippen LogP contribution in [-0.4, -0.2) is 17.2 Å². The summed E-state index contributed by atoms with van der Waals surface area (Å²) in [5.74, 6) is 0.464. The molecule has 126 valence electrons. The molecule has 2 N–H and O–H groups in total. The van der Waals surface area contributed by atoms with Gasteiger partial charge in [-0.1, -0.05) is 54.6 Å². The molecule has 0 saturated carbocycles. The molecule has 5 heteroatoms. The third-order valence-corrected chi connectivity index (χ3v) is 4.84. The van der Waals surface area contributed by atoms with E-state index in [-0.39, 0.29) is 11.2 Å². The molecule has 0 heterocycles. The first-order chi connectivity index (χ1) is 11.6. The van der Waals surface area contributed by atoms with Gasteiger partial charge in [-0.2, -0.15) is 0 Å². The summed E-state index contributed by atoms with van der Waals surface area (Å²) >= 11 is 1.52. The number of hydrogen-bond donors (Lipinski definition) is 2. The normalized spacial score (nSPS) is 11.6. The van der Waals surface area contributed by atoms with Crippen molar-refractivity contribution in [3.63, 3.8) is 0 Å². The van der Waals surface area contributed by atoms with E-state index in [9.17, 15) is 9.59 Å². The molecular formula is C19H22N2O2S. The summed E-state index contributed by atoms with van der Waals surface area (Å²) in [4.78, 5) is 23.9. The van der Waals surface area contributed by atoms with Gasteiger partial charge in [0.15, 0.2) is 0 Å². The van der Waals surface area contributed by atoms with Crippen LogP contribution >= 0.6 is 11.8 Å². The average molecular weight is 342 g/mol. The molecule has 0 aliphatic carbocycles. The summed E-state index contributed by atoms with van der Waals surface area (Å²) in [5.41, 5.74) is 3.40. The van der Waals surface area contributed by atoms with Crippen molar-refractivity contribution in [3.8, 4) is 0 Å². The Balaban J connectivity index is 1.74. The lowest BCUT2D eigenvalue weighted by Crippen LogP contribution is -2.42. The minimum atomic E-state index is -0.466. The number of amides is 3. The minimum absolute atomic E-state index is 0.279. The van der Waals surface area contributed by atoms with Gasteiger partial charge in [0.1, 0.15) is 0 Å². The Labute approximate surface area is 147 Å². The van der Waals surface area contributed by atoms with Crippen molar-refractivity contribution in [2.24, 2.45) is 0 Å². The van der Waals surface area contributed by atoms with Crippen molar-refractivity contribution < 1.29 is 9.59 Å². The zero-order valence-corrected chi connectivity index (χ0v) is 14.7. The highest BCUT2D eigenvalue weighted by atomic mass is 32.2. The van der Waals surface area contributed by atoms with Crippen LogP contribution in [0.1, 0.15) is 23.6 Å². The maximum absolute atomic E-state index is 12.1. The van der Waals surface area contributed by atoms with Gasteiger partial charge in [-0.25, -0.2) is 4.79 Å². The maximum atomic E-state index is 12.1. The van der Waals surface area contributed by atoms with E-state index < -0.39 is 6.03 Å². The Morgan fingerprint density at radius 3 is 2.42 bits per heavy atom. The van der Waals surface area contributed by atoms with Crippen LogP contribution in [0.15, 0.2) is 54.6 Å². The predicted octanol–water partition coefficient (Wildman–Crippen LogP) is 3.64. The van der Waals surface area contributed by atoms with E-state index in [1.165, 1.54) is 22.9 Å². The third kappa shape index (κ3) is 5.74. The molecule has 2 aromatic rings. The fourth-order valence-electron chi connectivity index (χ4n) is 2.10. The number of thioether (sulfide) groups is 1. The molecule has 3 amide bonds. The van der Waals surface area contributed by atoms with Crippen molar-refractivity contribution in [1.82, 2.24) is 10.6 Å². The molecule has 0 aliphatic heterocycles. The molecule has 0 radical (unpaired) electrons. The van der Waals surface area contributed by atoms with Gasteiger partial charge in [0.2, 0.25) is 5.91 Å². The van der Waals surface area contributed by atoms with E-state index in [4.69, 9.17) is 0 Å². The first kappa shape index (κ1) is 18.1. The largest absolute Gasteiger partial charge is 0.334 e. The first-order valence-electron chi connectivity index (χ1n) is 7.85. The fraction of sp³-hybridized carbons (Fsp3) is 0.263. The van der Waals surface area contributed by atoms with Crippen molar-refractivity contribution in [2.75, 3.05) is 0 Å². The molecule has 0 unspecified atom stereocenters. The van der Waals surface area contributed by atoms with Gasteiger partial charge in [0, 0.05) is 12.3 Å². The second-order valence-corrected chi connectivity index (χ2v) is 6.87. The average Bonchev–Trinajstić information content (AvgIpc) is 2.60. The van der Waals surface area contributed by atoms with Gasteiger partial charge in [-0.05, 0) is 30.5 Å². The molecule has 1 atom stereocenters. The fourth-order valence-corrected chi connectivity index (χ4v) is 3.06. The van der Waals surface area contributed by atoms with Crippen molar-refractivity contribution in [3.05, 3.63) is 71.3 Å². The lowest BCUT2D eigenvalue weighted by Gasteiger charge is -2.13. The van der Waals surface area contributed by atoms with E-state index in [2.05, 4.69) is 29.7 Å². The van der Waals surface area contributed by atoms with Gasteiger partial charge in [0.25, 0.3) is 0 Å².